The lowest BCUT2D eigenvalue weighted by Crippen LogP contribution is -2.47. The smallest absolute Gasteiger partial charge is 0.254 e. The minimum Gasteiger partial charge on any atom is -0.468 e. The second kappa shape index (κ2) is 6.94. The zero-order chi connectivity index (χ0) is 17.3. The number of piperidine rings is 1. The average molecular weight is 360 g/mol. The first-order chi connectivity index (χ1) is 12.2. The number of ether oxygens (including phenoxy) is 1. The minimum absolute atomic E-state index is 0.0620. The quantitative estimate of drug-likeness (QED) is 0.840. The molecule has 134 valence electrons. The maximum Gasteiger partial charge on any atom is 0.254 e. The van der Waals surface area contributed by atoms with Crippen LogP contribution in [0.3, 0.4) is 0 Å². The highest BCUT2D eigenvalue weighted by Crippen LogP contribution is 2.38. The summed E-state index contributed by atoms with van der Waals surface area (Å²) in [6.07, 6.45) is 4.60. The van der Waals surface area contributed by atoms with Crippen molar-refractivity contribution in [1.82, 2.24) is 9.80 Å². The van der Waals surface area contributed by atoms with Gasteiger partial charge < -0.3 is 14.1 Å². The van der Waals surface area contributed by atoms with E-state index in [9.17, 15) is 4.79 Å². The summed E-state index contributed by atoms with van der Waals surface area (Å²) in [5, 5.41) is 3.89. The van der Waals surface area contributed by atoms with Gasteiger partial charge in [-0.15, -0.1) is 0 Å². The summed E-state index contributed by atoms with van der Waals surface area (Å²) in [4.78, 5) is 16.8. The second-order valence-electron chi connectivity index (χ2n) is 7.15. The van der Waals surface area contributed by atoms with Gasteiger partial charge in [-0.2, -0.15) is 11.3 Å². The summed E-state index contributed by atoms with van der Waals surface area (Å²) in [6, 6.07) is 6.25. The molecule has 1 amide bonds. The summed E-state index contributed by atoms with van der Waals surface area (Å²) in [5.41, 5.74) is 0.748. The first kappa shape index (κ1) is 16.8. The Hall–Kier alpha value is -1.63. The number of nitrogens with zero attached hydrogens (tertiary/aromatic N) is 2. The monoisotopic (exact) mass is 360 g/mol. The summed E-state index contributed by atoms with van der Waals surface area (Å²) < 4.78 is 11.7. The van der Waals surface area contributed by atoms with Crippen LogP contribution in [-0.4, -0.2) is 54.1 Å². The van der Waals surface area contributed by atoms with Crippen LogP contribution in [0.4, 0.5) is 0 Å². The maximum absolute atomic E-state index is 12.5. The molecule has 2 aliphatic rings. The van der Waals surface area contributed by atoms with E-state index in [0.29, 0.717) is 6.04 Å². The Morgan fingerprint density at radius 3 is 2.92 bits per heavy atom. The van der Waals surface area contributed by atoms with Gasteiger partial charge in [-0.05, 0) is 49.9 Å². The number of hydrogen-bond donors (Lipinski definition) is 0. The van der Waals surface area contributed by atoms with Crippen LogP contribution in [-0.2, 0) is 11.3 Å². The van der Waals surface area contributed by atoms with Gasteiger partial charge in [0.1, 0.15) is 5.76 Å². The third kappa shape index (κ3) is 3.52. The molecule has 2 fully saturated rings. The van der Waals surface area contributed by atoms with Gasteiger partial charge in [-0.3, -0.25) is 9.69 Å². The Balaban J connectivity index is 1.32. The normalized spacial score (nSPS) is 22.8. The van der Waals surface area contributed by atoms with E-state index >= 15 is 0 Å². The predicted molar refractivity (Wildman–Crippen MR) is 96.7 cm³/mol. The number of hydrogen-bond acceptors (Lipinski definition) is 5. The predicted octanol–water partition coefficient (Wildman–Crippen LogP) is 3.24. The zero-order valence-corrected chi connectivity index (χ0v) is 15.3. The van der Waals surface area contributed by atoms with E-state index in [1.165, 1.54) is 0 Å². The lowest BCUT2D eigenvalue weighted by molar-refractivity contribution is -0.0393. The Morgan fingerprint density at radius 1 is 1.40 bits per heavy atom. The van der Waals surface area contributed by atoms with Gasteiger partial charge in [0.15, 0.2) is 0 Å². The Labute approximate surface area is 152 Å². The molecule has 0 saturated carbocycles. The van der Waals surface area contributed by atoms with Crippen LogP contribution in [0.5, 0.6) is 0 Å². The SMILES string of the molecule is CN(Cc1ccco1)[C@@H]1COC2(CCN(C(=O)c3ccsc3)CC2)C1. The van der Waals surface area contributed by atoms with Crippen molar-refractivity contribution in [2.75, 3.05) is 26.7 Å². The fraction of sp³-hybridized carbons (Fsp3) is 0.526. The fourth-order valence-corrected chi connectivity index (χ4v) is 4.55. The summed E-state index contributed by atoms with van der Waals surface area (Å²) in [5.74, 6) is 1.14. The Kier molecular flexibility index (Phi) is 4.67. The van der Waals surface area contributed by atoms with E-state index in [1.54, 1.807) is 17.6 Å². The molecular weight excluding hydrogens is 336 g/mol. The van der Waals surface area contributed by atoms with E-state index in [4.69, 9.17) is 9.15 Å². The van der Waals surface area contributed by atoms with Crippen LogP contribution in [0.1, 0.15) is 35.4 Å². The Morgan fingerprint density at radius 2 is 2.24 bits per heavy atom. The third-order valence-electron chi connectivity index (χ3n) is 5.53. The van der Waals surface area contributed by atoms with E-state index in [1.807, 2.05) is 33.9 Å². The lowest BCUT2D eigenvalue weighted by Gasteiger charge is -2.38. The average Bonchev–Trinajstić information content (AvgIpc) is 3.37. The highest BCUT2D eigenvalue weighted by atomic mass is 32.1. The van der Waals surface area contributed by atoms with Crippen molar-refractivity contribution >= 4 is 17.2 Å². The van der Waals surface area contributed by atoms with Crippen LogP contribution in [0.15, 0.2) is 39.6 Å². The number of likely N-dealkylation sites (N-methyl/N-ethyl adjacent to an activating group) is 1. The molecule has 0 unspecified atom stereocenters. The number of furan rings is 1. The number of amides is 1. The molecule has 0 bridgehead atoms. The summed E-state index contributed by atoms with van der Waals surface area (Å²) in [7, 11) is 2.13. The number of carbonyl (C=O) groups excluding carboxylic acids is 1. The van der Waals surface area contributed by atoms with Gasteiger partial charge in [0.25, 0.3) is 5.91 Å². The van der Waals surface area contributed by atoms with Crippen molar-refractivity contribution in [3.63, 3.8) is 0 Å². The number of thiophene rings is 1. The fourth-order valence-electron chi connectivity index (χ4n) is 3.92. The number of rotatable bonds is 4. The number of likely N-dealkylation sites (tertiary alicyclic amines) is 1. The van der Waals surface area contributed by atoms with Crippen molar-refractivity contribution in [2.24, 2.45) is 0 Å². The minimum atomic E-state index is -0.0620. The first-order valence-corrected chi connectivity index (χ1v) is 9.78. The molecule has 2 saturated heterocycles. The topological polar surface area (TPSA) is 45.9 Å². The molecule has 25 heavy (non-hydrogen) atoms. The highest BCUT2D eigenvalue weighted by Gasteiger charge is 2.44. The van der Waals surface area contributed by atoms with E-state index in [0.717, 1.165) is 56.8 Å². The largest absolute Gasteiger partial charge is 0.468 e. The molecule has 0 radical (unpaired) electrons. The molecule has 5 nitrogen and oxygen atoms in total. The molecule has 2 aromatic heterocycles. The molecule has 0 N–H and O–H groups in total. The third-order valence-corrected chi connectivity index (χ3v) is 6.21. The van der Waals surface area contributed by atoms with Crippen molar-refractivity contribution in [3.05, 3.63) is 46.5 Å². The van der Waals surface area contributed by atoms with Gasteiger partial charge in [-0.1, -0.05) is 0 Å². The van der Waals surface area contributed by atoms with Crippen molar-refractivity contribution in [3.8, 4) is 0 Å². The molecule has 4 rings (SSSR count). The van der Waals surface area contributed by atoms with Gasteiger partial charge in [-0.25, -0.2) is 0 Å². The van der Waals surface area contributed by atoms with Crippen LogP contribution in [0, 0.1) is 0 Å². The summed E-state index contributed by atoms with van der Waals surface area (Å²) >= 11 is 1.57. The van der Waals surface area contributed by atoms with Crippen molar-refractivity contribution in [1.29, 1.82) is 0 Å². The molecule has 1 spiro atoms. The van der Waals surface area contributed by atoms with Gasteiger partial charge in [0, 0.05) is 24.5 Å². The maximum atomic E-state index is 12.5. The molecule has 2 aromatic rings. The van der Waals surface area contributed by atoms with Crippen LogP contribution < -0.4 is 0 Å². The van der Waals surface area contributed by atoms with Crippen LogP contribution >= 0.6 is 11.3 Å². The second-order valence-corrected chi connectivity index (χ2v) is 7.93. The molecule has 6 heteroatoms. The molecule has 4 heterocycles. The van der Waals surface area contributed by atoms with Gasteiger partial charge in [0.05, 0.1) is 30.6 Å². The van der Waals surface area contributed by atoms with Crippen LogP contribution in [0.2, 0.25) is 0 Å². The number of carbonyl (C=O) groups is 1. The summed E-state index contributed by atoms with van der Waals surface area (Å²) in [6.45, 7) is 3.13. The molecule has 0 aromatic carbocycles. The van der Waals surface area contributed by atoms with Gasteiger partial charge in [0.2, 0.25) is 0 Å². The first-order valence-electron chi connectivity index (χ1n) is 8.83. The lowest BCUT2D eigenvalue weighted by atomic mass is 9.87. The van der Waals surface area contributed by atoms with E-state index < -0.39 is 0 Å². The Bertz CT molecular complexity index is 690. The van der Waals surface area contributed by atoms with Gasteiger partial charge >= 0.3 is 0 Å². The molecule has 0 aliphatic carbocycles. The molecule has 1 atom stereocenters. The van der Waals surface area contributed by atoms with E-state index in [2.05, 4.69) is 11.9 Å². The van der Waals surface area contributed by atoms with E-state index in [-0.39, 0.29) is 11.5 Å². The standard InChI is InChI=1S/C19H24N2O3S/c1-20(12-17-3-2-9-23-17)16-11-19(24-13-16)5-7-21(8-6-19)18(22)15-4-10-25-14-15/h2-4,9-10,14,16H,5-8,11-13H2,1H3/t16-/m0/s1. The highest BCUT2D eigenvalue weighted by molar-refractivity contribution is 7.08. The molecular formula is C19H24N2O3S. The zero-order valence-electron chi connectivity index (χ0n) is 14.5. The van der Waals surface area contributed by atoms with Crippen molar-refractivity contribution in [2.45, 2.75) is 37.5 Å². The van der Waals surface area contributed by atoms with Crippen LogP contribution in [0.25, 0.3) is 0 Å². The molecule has 2 aliphatic heterocycles. The van der Waals surface area contributed by atoms with Crippen molar-refractivity contribution < 1.29 is 13.9 Å².